The average Bonchev–Trinajstić information content (AvgIpc) is 2.77. The van der Waals surface area contributed by atoms with Crippen LogP contribution in [0.5, 0.6) is 5.75 Å². The molecule has 0 fully saturated rings. The van der Waals surface area contributed by atoms with Crippen LogP contribution in [0, 0.1) is 0 Å². The van der Waals surface area contributed by atoms with Crippen LogP contribution in [0.3, 0.4) is 0 Å². The summed E-state index contributed by atoms with van der Waals surface area (Å²) in [5.41, 5.74) is 2.61. The van der Waals surface area contributed by atoms with Crippen molar-refractivity contribution in [2.45, 2.75) is 11.0 Å². The Kier molecular flexibility index (Phi) is 5.82. The van der Waals surface area contributed by atoms with Crippen molar-refractivity contribution in [3.8, 4) is 17.1 Å². The Labute approximate surface area is 173 Å². The number of aromatic hydroxyl groups is 1. The highest BCUT2D eigenvalue weighted by Crippen LogP contribution is 2.40. The third kappa shape index (κ3) is 4.44. The second-order valence-corrected chi connectivity index (χ2v) is 7.74. The van der Waals surface area contributed by atoms with E-state index in [0.717, 1.165) is 16.7 Å². The Morgan fingerprint density at radius 3 is 2.03 bits per heavy atom. The van der Waals surface area contributed by atoms with Gasteiger partial charge in [-0.15, -0.1) is 11.8 Å². The predicted molar refractivity (Wildman–Crippen MR) is 118 cm³/mol. The van der Waals surface area contributed by atoms with Gasteiger partial charge in [0.1, 0.15) is 11.5 Å². The summed E-state index contributed by atoms with van der Waals surface area (Å²) in [6.45, 7) is 0. The highest BCUT2D eigenvalue weighted by molar-refractivity contribution is 7.98. The second kappa shape index (κ2) is 8.84. The Morgan fingerprint density at radius 1 is 0.828 bits per heavy atom. The van der Waals surface area contributed by atoms with Crippen LogP contribution in [0.15, 0.2) is 106 Å². The topological polar surface area (TPSA) is 50.4 Å². The summed E-state index contributed by atoms with van der Waals surface area (Å²) in [5, 5.41) is 10.5. The highest BCUT2D eigenvalue weighted by atomic mass is 32.2. The van der Waals surface area contributed by atoms with Crippen molar-refractivity contribution in [1.29, 1.82) is 0 Å². The third-order valence-electron chi connectivity index (χ3n) is 4.65. The quantitative estimate of drug-likeness (QED) is 0.429. The SMILES string of the molecule is O=c1oc(-c2ccccc2)cc(O)c1[C@H](SCc1ccccc1)c1ccccc1. The lowest BCUT2D eigenvalue weighted by molar-refractivity contribution is 0.442. The molecule has 0 saturated carbocycles. The van der Waals surface area contributed by atoms with Gasteiger partial charge in [0.15, 0.2) is 0 Å². The van der Waals surface area contributed by atoms with Crippen molar-refractivity contribution in [3.05, 3.63) is 124 Å². The van der Waals surface area contributed by atoms with E-state index in [4.69, 9.17) is 4.42 Å². The zero-order chi connectivity index (χ0) is 20.1. The molecule has 0 saturated heterocycles. The maximum Gasteiger partial charge on any atom is 0.344 e. The summed E-state index contributed by atoms with van der Waals surface area (Å²) in [5.74, 6) is 1.02. The molecule has 0 spiro atoms. The van der Waals surface area contributed by atoms with Gasteiger partial charge >= 0.3 is 5.63 Å². The van der Waals surface area contributed by atoms with Crippen LogP contribution >= 0.6 is 11.8 Å². The van der Waals surface area contributed by atoms with Crippen LogP contribution in [0.2, 0.25) is 0 Å². The van der Waals surface area contributed by atoms with Crippen LogP contribution in [-0.4, -0.2) is 5.11 Å². The molecule has 4 aromatic rings. The Morgan fingerprint density at radius 2 is 1.41 bits per heavy atom. The highest BCUT2D eigenvalue weighted by Gasteiger charge is 2.24. The second-order valence-electron chi connectivity index (χ2n) is 6.65. The van der Waals surface area contributed by atoms with Crippen molar-refractivity contribution >= 4 is 11.8 Å². The zero-order valence-electron chi connectivity index (χ0n) is 15.7. The average molecular weight is 400 g/mol. The minimum absolute atomic E-state index is 0.0467. The lowest BCUT2D eigenvalue weighted by atomic mass is 10.0. The van der Waals surface area contributed by atoms with E-state index < -0.39 is 5.63 Å². The van der Waals surface area contributed by atoms with Crippen LogP contribution < -0.4 is 5.63 Å². The summed E-state index contributed by atoms with van der Waals surface area (Å²) in [4.78, 5) is 12.9. The largest absolute Gasteiger partial charge is 0.507 e. The summed E-state index contributed by atoms with van der Waals surface area (Å²) in [7, 11) is 0. The van der Waals surface area contributed by atoms with E-state index in [2.05, 4.69) is 12.1 Å². The zero-order valence-corrected chi connectivity index (χ0v) is 16.5. The predicted octanol–water partition coefficient (Wildman–Crippen LogP) is 6.04. The first-order valence-electron chi connectivity index (χ1n) is 9.35. The molecular formula is C25H20O3S. The van der Waals surface area contributed by atoms with Gasteiger partial charge < -0.3 is 9.52 Å². The van der Waals surface area contributed by atoms with Crippen molar-refractivity contribution in [1.82, 2.24) is 0 Å². The van der Waals surface area contributed by atoms with Gasteiger partial charge in [0.05, 0.1) is 10.8 Å². The fourth-order valence-electron chi connectivity index (χ4n) is 3.20. The van der Waals surface area contributed by atoms with Crippen LogP contribution in [-0.2, 0) is 5.75 Å². The van der Waals surface area contributed by atoms with E-state index in [-0.39, 0.29) is 16.6 Å². The molecule has 4 heteroatoms. The van der Waals surface area contributed by atoms with E-state index >= 15 is 0 Å². The Bertz CT molecular complexity index is 1120. The molecule has 3 aromatic carbocycles. The molecule has 0 bridgehead atoms. The molecule has 0 aliphatic carbocycles. The molecule has 0 aliphatic heterocycles. The van der Waals surface area contributed by atoms with Crippen LogP contribution in [0.1, 0.15) is 21.9 Å². The van der Waals surface area contributed by atoms with Gasteiger partial charge in [-0.2, -0.15) is 0 Å². The number of hydrogen-bond acceptors (Lipinski definition) is 4. The molecule has 1 heterocycles. The molecule has 3 nitrogen and oxygen atoms in total. The fourth-order valence-corrected chi connectivity index (χ4v) is 4.49. The Balaban J connectivity index is 1.73. The summed E-state index contributed by atoms with van der Waals surface area (Å²) in [6, 6.07) is 30.6. The molecule has 1 aromatic heterocycles. The van der Waals surface area contributed by atoms with Gasteiger partial charge in [-0.1, -0.05) is 91.0 Å². The van der Waals surface area contributed by atoms with Crippen LogP contribution in [0.25, 0.3) is 11.3 Å². The molecule has 144 valence electrons. The van der Waals surface area contributed by atoms with Gasteiger partial charge in [0, 0.05) is 17.4 Å². The number of rotatable bonds is 6. The van der Waals surface area contributed by atoms with Crippen molar-refractivity contribution < 1.29 is 9.52 Å². The molecule has 4 rings (SSSR count). The van der Waals surface area contributed by atoms with E-state index in [1.165, 1.54) is 6.07 Å². The van der Waals surface area contributed by atoms with E-state index in [0.29, 0.717) is 11.5 Å². The van der Waals surface area contributed by atoms with Gasteiger partial charge in [-0.3, -0.25) is 0 Å². The molecule has 0 aliphatic rings. The minimum Gasteiger partial charge on any atom is -0.507 e. The standard InChI is InChI=1S/C25H20O3S/c26-21-16-22(19-12-6-2-7-13-19)28-25(27)23(21)24(20-14-8-3-9-15-20)29-17-18-10-4-1-5-11-18/h1-16,24,26H,17H2/t24-/m1/s1. The molecule has 29 heavy (non-hydrogen) atoms. The van der Waals surface area contributed by atoms with Gasteiger partial charge in [-0.05, 0) is 11.1 Å². The maximum absolute atomic E-state index is 12.9. The number of benzene rings is 3. The van der Waals surface area contributed by atoms with Crippen molar-refractivity contribution in [2.24, 2.45) is 0 Å². The van der Waals surface area contributed by atoms with E-state index in [9.17, 15) is 9.90 Å². The smallest absolute Gasteiger partial charge is 0.344 e. The van der Waals surface area contributed by atoms with E-state index in [1.54, 1.807) is 11.8 Å². The Hall–Kier alpha value is -3.24. The first-order valence-corrected chi connectivity index (χ1v) is 10.4. The van der Waals surface area contributed by atoms with Crippen molar-refractivity contribution in [3.63, 3.8) is 0 Å². The van der Waals surface area contributed by atoms with E-state index in [1.807, 2.05) is 78.9 Å². The summed E-state index contributed by atoms with van der Waals surface area (Å²) in [6.07, 6.45) is 0. The minimum atomic E-state index is -0.515. The molecule has 0 amide bonds. The van der Waals surface area contributed by atoms with Gasteiger partial charge in [0.25, 0.3) is 0 Å². The summed E-state index contributed by atoms with van der Waals surface area (Å²) < 4.78 is 5.60. The molecule has 1 atom stereocenters. The number of thioether (sulfide) groups is 1. The molecule has 0 radical (unpaired) electrons. The summed E-state index contributed by atoms with van der Waals surface area (Å²) >= 11 is 1.59. The van der Waals surface area contributed by atoms with Crippen LogP contribution in [0.4, 0.5) is 0 Å². The van der Waals surface area contributed by atoms with Gasteiger partial charge in [-0.25, -0.2) is 4.79 Å². The maximum atomic E-state index is 12.9. The lowest BCUT2D eigenvalue weighted by Crippen LogP contribution is -2.12. The molecular weight excluding hydrogens is 380 g/mol. The van der Waals surface area contributed by atoms with Gasteiger partial charge in [0.2, 0.25) is 0 Å². The normalized spacial score (nSPS) is 11.9. The lowest BCUT2D eigenvalue weighted by Gasteiger charge is -2.18. The first-order chi connectivity index (χ1) is 14.2. The monoisotopic (exact) mass is 400 g/mol. The first kappa shape index (κ1) is 19.1. The third-order valence-corrected chi connectivity index (χ3v) is 5.99. The molecule has 1 N–H and O–H groups in total. The number of hydrogen-bond donors (Lipinski definition) is 1. The van der Waals surface area contributed by atoms with Crippen molar-refractivity contribution in [2.75, 3.05) is 0 Å². The fraction of sp³-hybridized carbons (Fsp3) is 0.0800. The molecule has 0 unspecified atom stereocenters.